The number of alkyl halides is 3. The summed E-state index contributed by atoms with van der Waals surface area (Å²) in [5, 5.41) is 11.9. The molecule has 1 unspecified atom stereocenters. The first-order chi connectivity index (χ1) is 17.9. The molecular formula is C25H28ClF3N4O5. The lowest BCUT2D eigenvalue weighted by Crippen LogP contribution is -2.54. The van der Waals surface area contributed by atoms with Crippen molar-refractivity contribution in [2.45, 2.75) is 31.0 Å². The van der Waals surface area contributed by atoms with Gasteiger partial charge in [0, 0.05) is 29.2 Å². The molecule has 0 saturated carbocycles. The molecule has 2 atom stereocenters. The van der Waals surface area contributed by atoms with Crippen LogP contribution in [0.5, 0.6) is 0 Å². The molecule has 1 heterocycles. The molecule has 0 aliphatic carbocycles. The summed E-state index contributed by atoms with van der Waals surface area (Å²) in [6.07, 6.45) is -5.11. The lowest BCUT2D eigenvalue weighted by molar-refractivity contribution is -0.138. The summed E-state index contributed by atoms with van der Waals surface area (Å²) in [7, 11) is 0. The van der Waals surface area contributed by atoms with Crippen LogP contribution in [-0.4, -0.2) is 60.3 Å². The molecule has 0 bridgehead atoms. The van der Waals surface area contributed by atoms with Crippen LogP contribution in [0.3, 0.4) is 0 Å². The number of hydrogen-bond acceptors (Lipinski definition) is 6. The number of carbonyl (C=O) groups is 3. The van der Waals surface area contributed by atoms with Crippen LogP contribution >= 0.6 is 11.6 Å². The molecule has 0 aromatic heterocycles. The highest BCUT2D eigenvalue weighted by Crippen LogP contribution is 2.46. The fourth-order valence-electron chi connectivity index (χ4n) is 4.60. The largest absolute Gasteiger partial charge is 0.449 e. The number of rotatable bonds is 8. The molecule has 9 nitrogen and oxygen atoms in total. The lowest BCUT2D eigenvalue weighted by Gasteiger charge is -2.45. The molecule has 1 fully saturated rings. The number of halogens is 4. The Balaban J connectivity index is 1.82. The molecule has 3 amide bonds. The maximum absolute atomic E-state index is 12.8. The summed E-state index contributed by atoms with van der Waals surface area (Å²) in [6.45, 7) is -0.543. The number of ether oxygens (including phenoxy) is 1. The van der Waals surface area contributed by atoms with E-state index in [2.05, 4.69) is 5.32 Å². The van der Waals surface area contributed by atoms with Crippen molar-refractivity contribution in [1.29, 1.82) is 0 Å². The second-order valence-electron chi connectivity index (χ2n) is 9.11. The first-order valence-electron chi connectivity index (χ1n) is 11.7. The molecular weight excluding hydrogens is 529 g/mol. The summed E-state index contributed by atoms with van der Waals surface area (Å²) in [6, 6.07) is 9.32. The number of anilines is 1. The van der Waals surface area contributed by atoms with Crippen LogP contribution in [0, 0.1) is 5.41 Å². The summed E-state index contributed by atoms with van der Waals surface area (Å²) < 4.78 is 43.8. The van der Waals surface area contributed by atoms with Gasteiger partial charge in [-0.1, -0.05) is 29.8 Å². The van der Waals surface area contributed by atoms with Gasteiger partial charge in [0.25, 0.3) is 0 Å². The quantitative estimate of drug-likeness (QED) is 0.393. The summed E-state index contributed by atoms with van der Waals surface area (Å²) >= 11 is 6.38. The zero-order chi connectivity index (χ0) is 28.1. The van der Waals surface area contributed by atoms with E-state index in [1.807, 2.05) is 0 Å². The Kier molecular flexibility index (Phi) is 9.23. The number of nitrogens with one attached hydrogen (secondary N) is 1. The van der Waals surface area contributed by atoms with Gasteiger partial charge in [-0.3, -0.25) is 14.9 Å². The number of primary amides is 1. The number of benzene rings is 2. The summed E-state index contributed by atoms with van der Waals surface area (Å²) in [5.41, 5.74) is 10.1. The average Bonchev–Trinajstić information content (AvgIpc) is 2.88. The van der Waals surface area contributed by atoms with E-state index in [9.17, 15) is 32.7 Å². The van der Waals surface area contributed by atoms with Gasteiger partial charge in [-0.2, -0.15) is 13.2 Å². The second-order valence-corrected chi connectivity index (χ2v) is 9.52. The predicted octanol–water partition coefficient (Wildman–Crippen LogP) is 3.10. The van der Waals surface area contributed by atoms with E-state index in [1.165, 1.54) is 4.90 Å². The third-order valence-corrected chi connectivity index (χ3v) is 6.99. The van der Waals surface area contributed by atoms with Gasteiger partial charge in [0.1, 0.15) is 12.6 Å². The first kappa shape index (κ1) is 29.2. The first-order valence-corrected chi connectivity index (χ1v) is 12.1. The second kappa shape index (κ2) is 12.0. The molecule has 38 heavy (non-hydrogen) atoms. The SMILES string of the molecule is NC(=O)C(c1ccccc1Cl)C1(COC(=O)Nc2ccc(C(F)(F)F)cc2)CCN(C(=O)[C@@H](N)CO)CC1. The van der Waals surface area contributed by atoms with E-state index in [0.717, 1.165) is 24.3 Å². The van der Waals surface area contributed by atoms with Gasteiger partial charge in [0.15, 0.2) is 0 Å². The van der Waals surface area contributed by atoms with E-state index in [0.29, 0.717) is 5.56 Å². The van der Waals surface area contributed by atoms with E-state index in [4.69, 9.17) is 27.8 Å². The van der Waals surface area contributed by atoms with Crippen LogP contribution in [-0.2, 0) is 20.5 Å². The Morgan fingerprint density at radius 3 is 2.24 bits per heavy atom. The van der Waals surface area contributed by atoms with Crippen LogP contribution in [0.25, 0.3) is 0 Å². The van der Waals surface area contributed by atoms with Crippen LogP contribution in [0.4, 0.5) is 23.7 Å². The number of aliphatic hydroxyl groups excluding tert-OH is 1. The number of likely N-dealkylation sites (tertiary alicyclic amines) is 1. The predicted molar refractivity (Wildman–Crippen MR) is 133 cm³/mol. The van der Waals surface area contributed by atoms with Gasteiger partial charge in [0.2, 0.25) is 11.8 Å². The molecule has 206 valence electrons. The zero-order valence-electron chi connectivity index (χ0n) is 20.2. The summed E-state index contributed by atoms with van der Waals surface area (Å²) in [4.78, 5) is 39.3. The number of nitrogens with two attached hydrogens (primary N) is 2. The van der Waals surface area contributed by atoms with Gasteiger partial charge in [-0.25, -0.2) is 4.79 Å². The van der Waals surface area contributed by atoms with Crippen LogP contribution in [0.2, 0.25) is 5.02 Å². The van der Waals surface area contributed by atoms with Gasteiger partial charge in [0.05, 0.1) is 18.1 Å². The fourth-order valence-corrected chi connectivity index (χ4v) is 4.85. The third-order valence-electron chi connectivity index (χ3n) is 6.65. The highest BCUT2D eigenvalue weighted by Gasteiger charge is 2.48. The van der Waals surface area contributed by atoms with Crippen molar-refractivity contribution in [1.82, 2.24) is 4.90 Å². The van der Waals surface area contributed by atoms with Gasteiger partial charge >= 0.3 is 12.3 Å². The van der Waals surface area contributed by atoms with E-state index < -0.39 is 53.6 Å². The van der Waals surface area contributed by atoms with Crippen molar-refractivity contribution < 1.29 is 37.4 Å². The number of nitrogens with zero attached hydrogens (tertiary/aromatic N) is 1. The molecule has 1 saturated heterocycles. The number of aliphatic hydroxyl groups is 1. The maximum atomic E-state index is 12.8. The number of amides is 3. The molecule has 13 heteroatoms. The molecule has 3 rings (SSSR count). The Morgan fingerprint density at radius 1 is 1.11 bits per heavy atom. The highest BCUT2D eigenvalue weighted by atomic mass is 35.5. The van der Waals surface area contributed by atoms with Gasteiger partial charge in [-0.15, -0.1) is 0 Å². The smallest absolute Gasteiger partial charge is 0.416 e. The Bertz CT molecular complexity index is 1150. The zero-order valence-corrected chi connectivity index (χ0v) is 21.0. The van der Waals surface area contributed by atoms with Crippen LogP contribution < -0.4 is 16.8 Å². The lowest BCUT2D eigenvalue weighted by atomic mass is 9.66. The van der Waals surface area contributed by atoms with E-state index in [-0.39, 0.29) is 43.2 Å². The topological polar surface area (TPSA) is 148 Å². The van der Waals surface area contributed by atoms with E-state index in [1.54, 1.807) is 24.3 Å². The monoisotopic (exact) mass is 556 g/mol. The van der Waals surface area contributed by atoms with Crippen molar-refractivity contribution in [2.24, 2.45) is 16.9 Å². The third kappa shape index (κ3) is 6.74. The van der Waals surface area contributed by atoms with Crippen molar-refractivity contribution in [3.05, 3.63) is 64.7 Å². The Morgan fingerprint density at radius 2 is 1.71 bits per heavy atom. The molecule has 0 radical (unpaired) electrons. The highest BCUT2D eigenvalue weighted by molar-refractivity contribution is 6.31. The fraction of sp³-hybridized carbons (Fsp3) is 0.400. The minimum atomic E-state index is -4.52. The normalized spacial score (nSPS) is 16.8. The molecule has 0 spiro atoms. The van der Waals surface area contributed by atoms with Crippen molar-refractivity contribution >= 4 is 35.2 Å². The average molecular weight is 557 g/mol. The number of piperidine rings is 1. The van der Waals surface area contributed by atoms with Crippen molar-refractivity contribution in [2.75, 3.05) is 31.6 Å². The standard InChI is InChI=1S/C25H28ClF3N4O5/c26-18-4-2-1-3-17(18)20(21(31)35)24(9-11-33(12-10-24)22(36)19(30)13-34)14-38-23(37)32-16-7-5-15(6-8-16)25(27,28)29/h1-8,19-20,34H,9-14,30H2,(H2,31,35)(H,32,37)/t19-,20?/m0/s1. The van der Waals surface area contributed by atoms with E-state index >= 15 is 0 Å². The van der Waals surface area contributed by atoms with Crippen molar-refractivity contribution in [3.8, 4) is 0 Å². The minimum Gasteiger partial charge on any atom is -0.449 e. The summed E-state index contributed by atoms with van der Waals surface area (Å²) in [5.74, 6) is -2.16. The minimum absolute atomic E-state index is 0.0769. The maximum Gasteiger partial charge on any atom is 0.416 e. The molecule has 2 aromatic rings. The molecule has 1 aliphatic rings. The van der Waals surface area contributed by atoms with Crippen molar-refractivity contribution in [3.63, 3.8) is 0 Å². The van der Waals surface area contributed by atoms with Gasteiger partial charge in [-0.05, 0) is 48.7 Å². The number of hydrogen-bond donors (Lipinski definition) is 4. The number of carbonyl (C=O) groups excluding carboxylic acids is 3. The van der Waals surface area contributed by atoms with Crippen LogP contribution in [0.1, 0.15) is 29.9 Å². The molecule has 1 aliphatic heterocycles. The van der Waals surface area contributed by atoms with Gasteiger partial charge < -0.3 is 26.2 Å². The molecule has 6 N–H and O–H groups in total. The molecule has 2 aromatic carbocycles. The Labute approximate surface area is 221 Å². The van der Waals surface area contributed by atoms with Crippen LogP contribution in [0.15, 0.2) is 48.5 Å². The Hall–Kier alpha value is -3.35.